The second-order valence-electron chi connectivity index (χ2n) is 11.1. The molecular weight excluding hydrogens is 457 g/mol. The summed E-state index contributed by atoms with van der Waals surface area (Å²) in [6.07, 6.45) is 8.94. The van der Waals surface area contributed by atoms with Crippen LogP contribution in [-0.4, -0.2) is 28.7 Å². The van der Waals surface area contributed by atoms with Crippen LogP contribution in [0.1, 0.15) is 65.2 Å². The summed E-state index contributed by atoms with van der Waals surface area (Å²) >= 11 is 12.8. The van der Waals surface area contributed by atoms with Gasteiger partial charge in [0.25, 0.3) is 0 Å². The van der Waals surface area contributed by atoms with Crippen LogP contribution < -0.4 is 5.32 Å². The fraction of sp³-hybridized carbons (Fsp3) is 0.654. The van der Waals surface area contributed by atoms with Crippen LogP contribution in [0.15, 0.2) is 29.1 Å². The highest BCUT2D eigenvalue weighted by Gasteiger charge is 2.60. The van der Waals surface area contributed by atoms with Crippen LogP contribution in [0.3, 0.4) is 0 Å². The van der Waals surface area contributed by atoms with E-state index in [4.69, 9.17) is 23.2 Å². The van der Waals surface area contributed by atoms with Crippen molar-refractivity contribution in [2.24, 2.45) is 34.5 Å². The molecule has 4 aliphatic rings. The van der Waals surface area contributed by atoms with E-state index in [0.717, 1.165) is 49.3 Å². The lowest BCUT2D eigenvalue weighted by molar-refractivity contribution is -0.136. The minimum absolute atomic E-state index is 0.0281. The monoisotopic (exact) mass is 489 g/mol. The summed E-state index contributed by atoms with van der Waals surface area (Å²) in [5.41, 5.74) is 1.20. The summed E-state index contributed by atoms with van der Waals surface area (Å²) in [5, 5.41) is 4.39. The van der Waals surface area contributed by atoms with Gasteiger partial charge >= 0.3 is 0 Å². The predicted molar refractivity (Wildman–Crippen MR) is 131 cm³/mol. The molecule has 2 amide bonds. The Balaban J connectivity index is 1.34. The van der Waals surface area contributed by atoms with Crippen molar-refractivity contribution in [3.05, 3.63) is 34.1 Å². The van der Waals surface area contributed by atoms with Crippen molar-refractivity contribution < 1.29 is 9.59 Å². The summed E-state index contributed by atoms with van der Waals surface area (Å²) in [6.45, 7) is 4.75. The number of amides is 2. The maximum atomic E-state index is 12.9. The van der Waals surface area contributed by atoms with Crippen LogP contribution in [-0.2, 0) is 9.59 Å². The standard InChI is InChI=1S/C26H33Cl2N3O2/c1-25-10-8-19-17(13-20(28)24-26(19,2)11-9-23(33)31(24)3)18(25)6-4-15(25)12-22(32)30-21-7-5-16(27)14-29-21/h5,7,14-15,17-19H,4,6,8-13H2,1-3H3,(H,29,30,32)/t15-,17-,18-,19-,25+,26+/m0/s1. The molecular formula is C26H33Cl2N3O2. The number of rotatable bonds is 3. The highest BCUT2D eigenvalue weighted by atomic mass is 35.5. The van der Waals surface area contributed by atoms with E-state index in [1.54, 1.807) is 18.3 Å². The molecule has 1 aromatic rings. The summed E-state index contributed by atoms with van der Waals surface area (Å²) < 4.78 is 0. The molecule has 5 rings (SSSR count). The van der Waals surface area contributed by atoms with Gasteiger partial charge in [0, 0.05) is 42.2 Å². The second-order valence-corrected chi connectivity index (χ2v) is 12.0. The summed E-state index contributed by atoms with van der Waals surface area (Å²) in [7, 11) is 1.89. The fourth-order valence-corrected chi connectivity index (χ4v) is 8.62. The number of anilines is 1. The first kappa shape index (κ1) is 23.2. The number of nitrogens with one attached hydrogen (secondary N) is 1. The molecule has 0 bridgehead atoms. The number of carbonyl (C=O) groups excluding carboxylic acids is 2. The second kappa shape index (κ2) is 8.27. The third-order valence-electron chi connectivity index (χ3n) is 9.66. The normalized spacial score (nSPS) is 38.0. The van der Waals surface area contributed by atoms with Gasteiger partial charge in [-0.3, -0.25) is 9.59 Å². The molecule has 2 saturated carbocycles. The van der Waals surface area contributed by atoms with E-state index >= 15 is 0 Å². The van der Waals surface area contributed by atoms with Crippen molar-refractivity contribution in [3.8, 4) is 0 Å². The molecule has 3 aliphatic carbocycles. The fourth-order valence-electron chi connectivity index (χ4n) is 7.99. The maximum Gasteiger partial charge on any atom is 0.226 e. The van der Waals surface area contributed by atoms with Crippen LogP contribution in [0.25, 0.3) is 0 Å². The minimum atomic E-state index is -0.0281. The Morgan fingerprint density at radius 3 is 2.70 bits per heavy atom. The van der Waals surface area contributed by atoms with E-state index in [-0.39, 0.29) is 22.6 Å². The summed E-state index contributed by atoms with van der Waals surface area (Å²) in [4.78, 5) is 31.3. The van der Waals surface area contributed by atoms with E-state index in [9.17, 15) is 9.59 Å². The van der Waals surface area contributed by atoms with Gasteiger partial charge in [-0.15, -0.1) is 0 Å². The maximum absolute atomic E-state index is 12.9. The SMILES string of the molecule is CN1C(=O)CC[C@@]2(C)C1=C(Cl)C[C@H]1[C@@H]3CC[C@@H](CC(=O)Nc4ccc(Cl)cn4)[C@@]3(C)CC[C@@H]12. The van der Waals surface area contributed by atoms with Crippen molar-refractivity contribution in [1.82, 2.24) is 9.88 Å². The van der Waals surface area contributed by atoms with Crippen molar-refractivity contribution in [1.29, 1.82) is 0 Å². The van der Waals surface area contributed by atoms with Gasteiger partial charge in [-0.1, -0.05) is 37.0 Å². The van der Waals surface area contributed by atoms with Gasteiger partial charge < -0.3 is 10.2 Å². The third kappa shape index (κ3) is 3.70. The molecule has 0 radical (unpaired) electrons. The zero-order chi connectivity index (χ0) is 23.5. The van der Waals surface area contributed by atoms with Crippen LogP contribution >= 0.6 is 23.2 Å². The molecule has 0 aromatic carbocycles. The molecule has 1 N–H and O–H groups in total. The molecule has 0 unspecified atom stereocenters. The first-order valence-electron chi connectivity index (χ1n) is 12.2. The summed E-state index contributed by atoms with van der Waals surface area (Å²) in [6, 6.07) is 3.48. The molecule has 1 saturated heterocycles. The number of allylic oxidation sites excluding steroid dienone is 2. The lowest BCUT2D eigenvalue weighted by Crippen LogP contribution is -2.54. The Morgan fingerprint density at radius 1 is 1.18 bits per heavy atom. The van der Waals surface area contributed by atoms with Crippen molar-refractivity contribution in [3.63, 3.8) is 0 Å². The highest BCUT2D eigenvalue weighted by Crippen LogP contribution is 2.67. The lowest BCUT2D eigenvalue weighted by atomic mass is 9.49. The van der Waals surface area contributed by atoms with Crippen LogP contribution in [0.2, 0.25) is 5.02 Å². The molecule has 5 nitrogen and oxygen atoms in total. The summed E-state index contributed by atoms with van der Waals surface area (Å²) in [5.74, 6) is 2.77. The number of hydrogen-bond acceptors (Lipinski definition) is 3. The topological polar surface area (TPSA) is 62.3 Å². The predicted octanol–water partition coefficient (Wildman–Crippen LogP) is 6.23. The number of likely N-dealkylation sites (tertiary alicyclic amines) is 1. The molecule has 2 heterocycles. The van der Waals surface area contributed by atoms with Crippen molar-refractivity contribution >= 4 is 40.8 Å². The van der Waals surface area contributed by atoms with E-state index < -0.39 is 0 Å². The van der Waals surface area contributed by atoms with E-state index in [1.807, 2.05) is 11.9 Å². The largest absolute Gasteiger partial charge is 0.318 e. The molecule has 33 heavy (non-hydrogen) atoms. The number of carbonyl (C=O) groups is 2. The Morgan fingerprint density at radius 2 is 1.97 bits per heavy atom. The van der Waals surface area contributed by atoms with E-state index in [1.165, 1.54) is 0 Å². The van der Waals surface area contributed by atoms with Gasteiger partial charge in [0.1, 0.15) is 5.82 Å². The van der Waals surface area contributed by atoms with Crippen LogP contribution in [0.5, 0.6) is 0 Å². The molecule has 6 atom stereocenters. The molecule has 3 fully saturated rings. The first-order chi connectivity index (χ1) is 15.6. The molecule has 7 heteroatoms. The van der Waals surface area contributed by atoms with Crippen molar-refractivity contribution in [2.75, 3.05) is 12.4 Å². The zero-order valence-electron chi connectivity index (χ0n) is 19.7. The number of hydrogen-bond donors (Lipinski definition) is 1. The molecule has 1 aromatic heterocycles. The quantitative estimate of drug-likeness (QED) is 0.546. The lowest BCUT2D eigenvalue weighted by Gasteiger charge is -2.59. The van der Waals surface area contributed by atoms with Gasteiger partial charge in [0.2, 0.25) is 11.8 Å². The van der Waals surface area contributed by atoms with Gasteiger partial charge in [0.15, 0.2) is 0 Å². The van der Waals surface area contributed by atoms with Crippen LogP contribution in [0.4, 0.5) is 5.82 Å². The number of piperidine rings is 1. The van der Waals surface area contributed by atoms with E-state index in [0.29, 0.717) is 47.4 Å². The Kier molecular flexibility index (Phi) is 5.80. The number of aromatic nitrogens is 1. The smallest absolute Gasteiger partial charge is 0.226 e. The number of fused-ring (bicyclic) bond motifs is 5. The molecule has 178 valence electrons. The molecule has 0 spiro atoms. The minimum Gasteiger partial charge on any atom is -0.318 e. The number of halogens is 2. The van der Waals surface area contributed by atoms with Gasteiger partial charge in [-0.05, 0) is 79.7 Å². The van der Waals surface area contributed by atoms with Crippen molar-refractivity contribution in [2.45, 2.75) is 65.2 Å². The van der Waals surface area contributed by atoms with Gasteiger partial charge in [0.05, 0.1) is 5.02 Å². The van der Waals surface area contributed by atoms with Gasteiger partial charge in [-0.2, -0.15) is 0 Å². The zero-order valence-corrected chi connectivity index (χ0v) is 21.2. The third-order valence-corrected chi connectivity index (χ3v) is 10.2. The number of pyridine rings is 1. The first-order valence-corrected chi connectivity index (χ1v) is 13.0. The number of nitrogens with zero attached hydrogens (tertiary/aromatic N) is 2. The molecule has 1 aliphatic heterocycles. The Hall–Kier alpha value is -1.59. The van der Waals surface area contributed by atoms with E-state index in [2.05, 4.69) is 24.1 Å². The Labute approximate surface area is 206 Å². The average molecular weight is 490 g/mol. The van der Waals surface area contributed by atoms with Gasteiger partial charge in [-0.25, -0.2) is 4.98 Å². The average Bonchev–Trinajstić information content (AvgIpc) is 3.09. The Bertz CT molecular complexity index is 1010. The highest BCUT2D eigenvalue weighted by molar-refractivity contribution is 6.30. The van der Waals surface area contributed by atoms with Crippen LogP contribution in [0, 0.1) is 34.5 Å².